The van der Waals surface area contributed by atoms with E-state index in [0.717, 1.165) is 24.3 Å². The number of methoxy groups -OCH3 is 2. The van der Waals surface area contributed by atoms with Crippen LogP contribution in [0.3, 0.4) is 0 Å². The molecule has 4 fully saturated rings. The maximum atomic E-state index is 17.9. The summed E-state index contributed by atoms with van der Waals surface area (Å²) in [5, 5.41) is 72.0. The summed E-state index contributed by atoms with van der Waals surface area (Å²) in [7, 11) is 9.48. The lowest BCUT2D eigenvalue weighted by atomic mass is 9.55. The molecule has 8 N–H and O–H groups in total. The second-order valence-corrected chi connectivity index (χ2v) is 27.1. The number of aliphatic hydroxyl groups is 4. The van der Waals surface area contributed by atoms with Crippen molar-refractivity contribution in [1.29, 1.82) is 5.53 Å². The van der Waals surface area contributed by atoms with Crippen LogP contribution in [0.4, 0.5) is 0 Å². The molecule has 0 bridgehead atoms. The Morgan fingerprint density at radius 1 is 0.571 bits per heavy atom. The summed E-state index contributed by atoms with van der Waals surface area (Å²) in [5.41, 5.74) is -5.59. The van der Waals surface area contributed by atoms with Crippen LogP contribution < -0.4 is 54.2 Å². The van der Waals surface area contributed by atoms with Gasteiger partial charge in [0.15, 0.2) is 63.9 Å². The fourth-order valence-electron chi connectivity index (χ4n) is 17.2. The molecular formula is C68H80N6O24. The summed E-state index contributed by atoms with van der Waals surface area (Å²) in [6.07, 6.45) is -24.4. The third-order valence-corrected chi connectivity index (χ3v) is 21.6. The highest BCUT2D eigenvalue weighted by molar-refractivity contribution is 6.23. The van der Waals surface area contributed by atoms with Gasteiger partial charge < -0.3 is 93.7 Å². The molecule has 4 aliphatic heterocycles. The number of ketones is 2. The van der Waals surface area contributed by atoms with Crippen molar-refractivity contribution in [1.82, 2.24) is 9.80 Å². The molecule has 22 unspecified atom stereocenters. The van der Waals surface area contributed by atoms with Gasteiger partial charge in [-0.15, -0.1) is 0 Å². The van der Waals surface area contributed by atoms with Crippen LogP contribution in [-0.2, 0) is 47.4 Å². The average molecular weight is 1370 g/mol. The molecule has 6 aromatic rings. The van der Waals surface area contributed by atoms with Gasteiger partial charge in [-0.2, -0.15) is 5.10 Å². The number of hydrogen-bond acceptors (Lipinski definition) is 29. The Labute approximate surface area is 557 Å². The molecular weight excluding hydrogens is 1280 g/mol. The molecule has 0 saturated carbocycles. The van der Waals surface area contributed by atoms with Gasteiger partial charge in [0.25, 0.3) is 0 Å². The van der Waals surface area contributed by atoms with Crippen LogP contribution in [0.5, 0.6) is 11.5 Å². The number of carbonyl (C=O) groups excluding carboxylic acids is 2. The number of nitrogens with one attached hydrogen (secondary N) is 1. The van der Waals surface area contributed by atoms with E-state index < -0.39 is 278 Å². The first kappa shape index (κ1) is 70.7. The third kappa shape index (κ3) is 10.6. The highest BCUT2D eigenvalue weighted by Gasteiger charge is 2.71. The number of phenolic OH excluding ortho intramolecular Hbond substituents is 1. The van der Waals surface area contributed by atoms with Crippen molar-refractivity contribution >= 4 is 54.7 Å². The van der Waals surface area contributed by atoms with Crippen LogP contribution in [0.15, 0.2) is 58.1 Å². The lowest BCUT2D eigenvalue weighted by Gasteiger charge is -2.58. The molecule has 4 saturated heterocycles. The molecule has 0 aromatic heterocycles. The summed E-state index contributed by atoms with van der Waals surface area (Å²) >= 11 is 0. The first-order chi connectivity index (χ1) is 46.4. The Morgan fingerprint density at radius 2 is 0.969 bits per heavy atom. The summed E-state index contributed by atoms with van der Waals surface area (Å²) in [6.45, 7) is 9.34. The molecule has 30 heteroatoms. The number of rotatable bonds is 15. The number of aromatic hydroxyl groups is 1. The number of hydrogen-bond donors (Lipinski definition) is 7. The minimum absolute atomic E-state index is 0.347. The van der Waals surface area contributed by atoms with Gasteiger partial charge in [-0.05, 0) is 98.4 Å². The van der Waals surface area contributed by atoms with E-state index in [4.69, 9.17) is 58.7 Å². The van der Waals surface area contributed by atoms with E-state index in [2.05, 4.69) is 9.89 Å². The van der Waals surface area contributed by atoms with Crippen LogP contribution in [0.1, 0.15) is 124 Å². The normalized spacial score (nSPS) is 35.7. The molecule has 4 heterocycles. The predicted octanol–water partition coefficient (Wildman–Crippen LogP) is -1.01. The number of aliphatic hydroxyl groups excluding tert-OH is 4. The van der Waals surface area contributed by atoms with Gasteiger partial charge >= 0.3 is 5.36 Å². The Kier molecular flexibility index (Phi) is 18.8. The van der Waals surface area contributed by atoms with Gasteiger partial charge in [-0.3, -0.25) is 38.4 Å². The molecule has 0 radical (unpaired) electrons. The summed E-state index contributed by atoms with van der Waals surface area (Å²) in [5.74, 6) is -3.28. The van der Waals surface area contributed by atoms with E-state index in [1.807, 2.05) is 0 Å². The van der Waals surface area contributed by atoms with Gasteiger partial charge in [0.1, 0.15) is 52.1 Å². The first-order valence-electron chi connectivity index (χ1n) is 32.7. The highest BCUT2D eigenvalue weighted by Crippen LogP contribution is 2.62. The van der Waals surface area contributed by atoms with E-state index in [9.17, 15) is 44.7 Å². The van der Waals surface area contributed by atoms with Gasteiger partial charge in [0.05, 0.1) is 110 Å². The number of benzene rings is 4. The topological polar surface area (TPSA) is 436 Å². The zero-order valence-electron chi connectivity index (χ0n) is 56.0. The van der Waals surface area contributed by atoms with Crippen molar-refractivity contribution in [2.45, 2.75) is 202 Å². The van der Waals surface area contributed by atoms with Crippen molar-refractivity contribution in [3.05, 3.63) is 119 Å². The van der Waals surface area contributed by atoms with Gasteiger partial charge in [0.2, 0.25) is 5.43 Å². The molecule has 6 aliphatic rings. The standard InChI is InChI=1S/C68H80N6O24/c1-13-67(97-37-21-33(89-11)57(81)25(5)93-37)51(63(87)45-43-47(61(85)41-29(77)17-15-27(75)39(41)59(43)83)53(71-69)49(45)65(67)95-35-19-31(79)55(73(7)8)23(3)91-35)52-64(88)46-44-48(62(86)42-30(78)18-16-28(76)40(42)60(44)84)54(72-70)50(46)66(96-36-20-32(80)56(74(9)10)24(4)92-36)68(52,14-2)98-38-22-34(90-12)58(82)26(6)94-38/h15-18,23-26,31-38,51-52,55-58,65-66,79-82H,13-14,19-22H2,1-12H3,(H4,69,70,83,84,85,86,87,88). The van der Waals surface area contributed by atoms with Crippen LogP contribution >= 0.6 is 0 Å². The number of ether oxygens (including phenoxy) is 10. The Hall–Kier alpha value is -7.17. The number of carbonyl (C=O) groups is 2. The van der Waals surface area contributed by atoms with E-state index in [0.29, 0.717) is 0 Å². The van der Waals surface area contributed by atoms with Crippen LogP contribution in [0, 0.1) is 17.4 Å². The maximum Gasteiger partial charge on any atom is 0.382 e. The summed E-state index contributed by atoms with van der Waals surface area (Å²) in [4.78, 5) is 130. The van der Waals surface area contributed by atoms with Gasteiger partial charge in [-0.25, -0.2) is 0 Å². The molecule has 2 aliphatic carbocycles. The Balaban J connectivity index is 1.27. The minimum Gasteiger partial charge on any atom is -0.872 e. The highest BCUT2D eigenvalue weighted by atomic mass is 16.7. The monoisotopic (exact) mass is 1360 g/mol. The fourth-order valence-corrected chi connectivity index (χ4v) is 17.2. The zero-order chi connectivity index (χ0) is 71.1. The molecule has 0 amide bonds. The largest absolute Gasteiger partial charge is 0.872 e. The first-order valence-corrected chi connectivity index (χ1v) is 32.7. The number of nitrogens with two attached hydrogens (primary N) is 1. The smallest absolute Gasteiger partial charge is 0.382 e. The van der Waals surface area contributed by atoms with Gasteiger partial charge in [0, 0.05) is 67.4 Å². The summed E-state index contributed by atoms with van der Waals surface area (Å²) < 4.78 is 67.6. The fraction of sp³-hybridized carbons (Fsp3) is 0.588. The number of phenols is 1. The van der Waals surface area contributed by atoms with Crippen molar-refractivity contribution in [3.63, 3.8) is 0 Å². The van der Waals surface area contributed by atoms with Crippen molar-refractivity contribution in [3.8, 4) is 11.5 Å². The number of nitrogens with zero attached hydrogens (tertiary/aromatic N) is 4. The lowest BCUT2D eigenvalue weighted by molar-refractivity contribution is -0.352. The lowest BCUT2D eigenvalue weighted by Crippen LogP contribution is -2.68. The number of Topliss-reactive ketones (excluding diaryl/α,β-unsaturated/α-hetero) is 2. The average Bonchev–Trinajstić information content (AvgIpc) is 1.66. The number of likely N-dealkylation sites (N-methyl/N-ethyl adjacent to an activating group) is 2. The zero-order valence-corrected chi connectivity index (χ0v) is 56.0. The van der Waals surface area contributed by atoms with E-state index >= 15 is 24.3 Å². The molecule has 98 heavy (non-hydrogen) atoms. The number of fused-ring (bicyclic) bond motifs is 8. The molecule has 0 spiro atoms. The second-order valence-electron chi connectivity index (χ2n) is 27.1. The molecule has 12 rings (SSSR count). The summed E-state index contributed by atoms with van der Waals surface area (Å²) in [6, 6.07) is 1.84. The maximum absolute atomic E-state index is 17.9. The molecule has 6 aromatic carbocycles. The van der Waals surface area contributed by atoms with Gasteiger partial charge in [-0.1, -0.05) is 19.6 Å². The molecule has 22 atom stereocenters. The van der Waals surface area contributed by atoms with E-state index in [1.54, 1.807) is 51.8 Å². The third-order valence-electron chi connectivity index (χ3n) is 21.6. The van der Waals surface area contributed by atoms with E-state index in [1.165, 1.54) is 41.9 Å². The molecule has 526 valence electrons. The van der Waals surface area contributed by atoms with Crippen molar-refractivity contribution in [2.75, 3.05) is 42.4 Å². The minimum atomic E-state index is -2.66. The van der Waals surface area contributed by atoms with Crippen molar-refractivity contribution < 1.29 is 92.4 Å². The van der Waals surface area contributed by atoms with Crippen LogP contribution in [-0.4, -0.2) is 204 Å². The SMILES string of the molecule is CCC1(OC2CC(OC)C(O)C(C)O2)C(OC2CC(O)C(N(C)C)C(C)O2)c2c(c3c([O-])c4c(=O)ccc(=O)c4c(O)c3c2=[N+]=N)C(=O)C1C1C(=O)c2c(c(=NN)c3c(=O)c4c(=O)ccc(=O)c4c(=O)c23)C(OC2CC(O)C(N(C)C)C(C)O2)C1(CC)OC1CC(OC)C(O)C(C)O1. The van der Waals surface area contributed by atoms with E-state index in [-0.39, 0.29) is 25.7 Å². The quantitative estimate of drug-likeness (QED) is 0.0280. The van der Waals surface area contributed by atoms with Crippen LogP contribution in [0.25, 0.3) is 43.1 Å². The van der Waals surface area contributed by atoms with Crippen molar-refractivity contribution in [2.24, 2.45) is 22.8 Å². The second kappa shape index (κ2) is 26.1. The molecule has 30 nitrogen and oxygen atoms in total. The predicted molar refractivity (Wildman–Crippen MR) is 341 cm³/mol. The Morgan fingerprint density at radius 3 is 1.37 bits per heavy atom. The Bertz CT molecular complexity index is 4680. The van der Waals surface area contributed by atoms with Crippen LogP contribution in [0.2, 0.25) is 0 Å².